The highest BCUT2D eigenvalue weighted by Gasteiger charge is 2.27. The minimum absolute atomic E-state index is 0.174. The summed E-state index contributed by atoms with van der Waals surface area (Å²) in [6.45, 7) is 3.44. The molecule has 1 aromatic rings. The van der Waals surface area contributed by atoms with Gasteiger partial charge < -0.3 is 4.90 Å². The van der Waals surface area contributed by atoms with Gasteiger partial charge in [-0.05, 0) is 18.1 Å². The molecule has 0 saturated heterocycles. The molecular weight excluding hydrogens is 257 g/mol. The van der Waals surface area contributed by atoms with Crippen molar-refractivity contribution in [1.82, 2.24) is 4.90 Å². The Morgan fingerprint density at radius 3 is 2.32 bits per heavy atom. The van der Waals surface area contributed by atoms with Crippen LogP contribution in [-0.2, 0) is 0 Å². The number of benzene rings is 1. The molecule has 0 aliphatic heterocycles. The van der Waals surface area contributed by atoms with Gasteiger partial charge in [0.1, 0.15) is 6.04 Å². The molecule has 1 amide bonds. The van der Waals surface area contributed by atoms with Crippen molar-refractivity contribution in [2.75, 3.05) is 7.05 Å². The number of halogens is 3. The molecule has 0 aliphatic carbocycles. The Kier molecular flexibility index (Phi) is 4.54. The summed E-state index contributed by atoms with van der Waals surface area (Å²) in [5, 5.41) is 8.96. The third-order valence-electron chi connectivity index (χ3n) is 2.77. The molecule has 0 bridgehead atoms. The van der Waals surface area contributed by atoms with Crippen LogP contribution in [0.2, 0.25) is 0 Å². The Bertz CT molecular complexity index is 537. The summed E-state index contributed by atoms with van der Waals surface area (Å²) in [4.78, 5) is 13.0. The zero-order chi connectivity index (χ0) is 14.7. The molecule has 0 fully saturated rings. The first kappa shape index (κ1) is 15.0. The zero-order valence-electron chi connectivity index (χ0n) is 10.7. The predicted molar refractivity (Wildman–Crippen MR) is 62.6 cm³/mol. The average molecular weight is 270 g/mol. The van der Waals surface area contributed by atoms with Crippen LogP contribution in [0.1, 0.15) is 24.2 Å². The molecule has 0 N–H and O–H groups in total. The van der Waals surface area contributed by atoms with E-state index < -0.39 is 35.0 Å². The molecule has 1 unspecified atom stereocenters. The maximum absolute atomic E-state index is 13.5. The minimum atomic E-state index is -1.70. The highest BCUT2D eigenvalue weighted by molar-refractivity contribution is 5.94. The fourth-order valence-corrected chi connectivity index (χ4v) is 1.69. The molecule has 102 valence electrons. The zero-order valence-corrected chi connectivity index (χ0v) is 10.7. The van der Waals surface area contributed by atoms with E-state index in [2.05, 4.69) is 0 Å². The SMILES string of the molecule is CC(C)C(C#N)N(C)C(=O)c1ccc(F)c(F)c1F. The van der Waals surface area contributed by atoms with Gasteiger partial charge >= 0.3 is 0 Å². The van der Waals surface area contributed by atoms with Crippen LogP contribution in [0.5, 0.6) is 0 Å². The monoisotopic (exact) mass is 270 g/mol. The third-order valence-corrected chi connectivity index (χ3v) is 2.77. The Morgan fingerprint density at radius 2 is 1.84 bits per heavy atom. The molecule has 0 saturated carbocycles. The number of rotatable bonds is 3. The number of hydrogen-bond donors (Lipinski definition) is 0. The third kappa shape index (κ3) is 2.87. The van der Waals surface area contributed by atoms with Crippen molar-refractivity contribution >= 4 is 5.91 Å². The van der Waals surface area contributed by atoms with Gasteiger partial charge in [-0.25, -0.2) is 13.2 Å². The summed E-state index contributed by atoms with van der Waals surface area (Å²) >= 11 is 0. The Morgan fingerprint density at radius 1 is 1.26 bits per heavy atom. The van der Waals surface area contributed by atoms with Gasteiger partial charge in [-0.1, -0.05) is 13.8 Å². The van der Waals surface area contributed by atoms with E-state index in [0.717, 1.165) is 11.0 Å². The molecular formula is C13H13F3N2O. The lowest BCUT2D eigenvalue weighted by Gasteiger charge is -2.25. The van der Waals surface area contributed by atoms with E-state index in [9.17, 15) is 18.0 Å². The minimum Gasteiger partial charge on any atom is -0.325 e. The van der Waals surface area contributed by atoms with Crippen molar-refractivity contribution in [3.8, 4) is 6.07 Å². The van der Waals surface area contributed by atoms with Crippen molar-refractivity contribution in [2.24, 2.45) is 5.92 Å². The highest BCUT2D eigenvalue weighted by atomic mass is 19.2. The van der Waals surface area contributed by atoms with Crippen LogP contribution >= 0.6 is 0 Å². The van der Waals surface area contributed by atoms with Crippen LogP contribution < -0.4 is 0 Å². The van der Waals surface area contributed by atoms with E-state index >= 15 is 0 Å². The van der Waals surface area contributed by atoms with E-state index in [-0.39, 0.29) is 5.92 Å². The highest BCUT2D eigenvalue weighted by Crippen LogP contribution is 2.18. The van der Waals surface area contributed by atoms with Crippen molar-refractivity contribution in [3.05, 3.63) is 35.1 Å². The maximum Gasteiger partial charge on any atom is 0.257 e. The van der Waals surface area contributed by atoms with Gasteiger partial charge in [0, 0.05) is 7.05 Å². The normalized spacial score (nSPS) is 12.1. The van der Waals surface area contributed by atoms with Crippen LogP contribution in [0.4, 0.5) is 13.2 Å². The van der Waals surface area contributed by atoms with Crippen LogP contribution in [0.3, 0.4) is 0 Å². The fourth-order valence-electron chi connectivity index (χ4n) is 1.69. The van der Waals surface area contributed by atoms with Gasteiger partial charge in [-0.3, -0.25) is 4.79 Å². The van der Waals surface area contributed by atoms with Crippen LogP contribution in [-0.4, -0.2) is 23.9 Å². The number of hydrogen-bond acceptors (Lipinski definition) is 2. The smallest absolute Gasteiger partial charge is 0.257 e. The van der Waals surface area contributed by atoms with Crippen LogP contribution in [0.25, 0.3) is 0 Å². The summed E-state index contributed by atoms with van der Waals surface area (Å²) in [5.41, 5.74) is -0.595. The van der Waals surface area contributed by atoms with E-state index in [4.69, 9.17) is 5.26 Å². The second kappa shape index (κ2) is 5.74. The van der Waals surface area contributed by atoms with Gasteiger partial charge in [-0.15, -0.1) is 0 Å². The van der Waals surface area contributed by atoms with E-state index in [0.29, 0.717) is 6.07 Å². The van der Waals surface area contributed by atoms with Gasteiger partial charge in [-0.2, -0.15) is 5.26 Å². The second-order valence-corrected chi connectivity index (χ2v) is 4.46. The molecule has 1 atom stereocenters. The van der Waals surface area contributed by atoms with Crippen molar-refractivity contribution in [3.63, 3.8) is 0 Å². The molecule has 0 aromatic heterocycles. The molecule has 3 nitrogen and oxygen atoms in total. The second-order valence-electron chi connectivity index (χ2n) is 4.46. The topological polar surface area (TPSA) is 44.1 Å². The number of carbonyl (C=O) groups is 1. The van der Waals surface area contributed by atoms with Crippen LogP contribution in [0, 0.1) is 34.7 Å². The average Bonchev–Trinajstić information content (AvgIpc) is 2.35. The van der Waals surface area contributed by atoms with Crippen molar-refractivity contribution in [2.45, 2.75) is 19.9 Å². The summed E-state index contributed by atoms with van der Waals surface area (Å²) in [7, 11) is 1.32. The molecule has 1 rings (SSSR count). The van der Waals surface area contributed by atoms with Crippen molar-refractivity contribution in [1.29, 1.82) is 5.26 Å². The summed E-state index contributed by atoms with van der Waals surface area (Å²) in [6.07, 6.45) is 0. The molecule has 0 radical (unpaired) electrons. The number of carbonyl (C=O) groups excluding carboxylic acids is 1. The van der Waals surface area contributed by atoms with Gasteiger partial charge in [0.15, 0.2) is 17.5 Å². The van der Waals surface area contributed by atoms with Gasteiger partial charge in [0.2, 0.25) is 0 Å². The maximum atomic E-state index is 13.5. The van der Waals surface area contributed by atoms with E-state index in [1.54, 1.807) is 13.8 Å². The lowest BCUT2D eigenvalue weighted by atomic mass is 10.0. The van der Waals surface area contributed by atoms with Crippen molar-refractivity contribution < 1.29 is 18.0 Å². The Labute approximate surface area is 109 Å². The summed E-state index contributed by atoms with van der Waals surface area (Å²) in [6, 6.07) is 2.67. The lowest BCUT2D eigenvalue weighted by Crippen LogP contribution is -2.39. The molecule has 0 spiro atoms. The standard InChI is InChI=1S/C13H13F3N2O/c1-7(2)10(6-17)18(3)13(19)8-4-5-9(14)12(16)11(8)15/h4-5,7,10H,1-3H3. The molecule has 19 heavy (non-hydrogen) atoms. The number of nitrogens with zero attached hydrogens (tertiary/aromatic N) is 2. The Hall–Kier alpha value is -2.03. The summed E-state index contributed by atoms with van der Waals surface area (Å²) in [5.74, 6) is -5.64. The van der Waals surface area contributed by atoms with E-state index in [1.165, 1.54) is 7.05 Å². The first-order chi connectivity index (χ1) is 8.81. The molecule has 0 heterocycles. The quantitative estimate of drug-likeness (QED) is 0.793. The van der Waals surface area contributed by atoms with Gasteiger partial charge in [0.05, 0.1) is 11.6 Å². The molecule has 1 aromatic carbocycles. The number of nitriles is 1. The fraction of sp³-hybridized carbons (Fsp3) is 0.385. The molecule has 0 aliphatic rings. The first-order valence-corrected chi connectivity index (χ1v) is 5.61. The first-order valence-electron chi connectivity index (χ1n) is 5.61. The van der Waals surface area contributed by atoms with Crippen LogP contribution in [0.15, 0.2) is 12.1 Å². The lowest BCUT2D eigenvalue weighted by molar-refractivity contribution is 0.0729. The Balaban J connectivity index is 3.15. The van der Waals surface area contributed by atoms with Gasteiger partial charge in [0.25, 0.3) is 5.91 Å². The largest absolute Gasteiger partial charge is 0.325 e. The predicted octanol–water partition coefficient (Wildman–Crippen LogP) is 2.72. The number of amides is 1. The van der Waals surface area contributed by atoms with E-state index in [1.807, 2.05) is 6.07 Å². The summed E-state index contributed by atoms with van der Waals surface area (Å²) < 4.78 is 39.4. The molecule has 6 heteroatoms.